The summed E-state index contributed by atoms with van der Waals surface area (Å²) in [5.74, 6) is 0.868. The van der Waals surface area contributed by atoms with Crippen LogP contribution in [0.2, 0.25) is 0 Å². The lowest BCUT2D eigenvalue weighted by molar-refractivity contribution is 0.113. The number of nitrogens with zero attached hydrogens (tertiary/aromatic N) is 2. The third-order valence-electron chi connectivity index (χ3n) is 5.41. The van der Waals surface area contributed by atoms with E-state index in [2.05, 4.69) is 22.5 Å². The average Bonchev–Trinajstić information content (AvgIpc) is 2.79. The molecule has 3 aliphatic rings. The zero-order valence-electron chi connectivity index (χ0n) is 12.7. The predicted molar refractivity (Wildman–Crippen MR) is 87.4 cm³/mol. The van der Waals surface area contributed by atoms with Gasteiger partial charge in [-0.2, -0.15) is 0 Å². The predicted octanol–water partition coefficient (Wildman–Crippen LogP) is 4.14. The average molecular weight is 296 g/mol. The minimum atomic E-state index is -0.816. The summed E-state index contributed by atoms with van der Waals surface area (Å²) in [7, 11) is 0. The summed E-state index contributed by atoms with van der Waals surface area (Å²) in [4.78, 5) is 6.74. The summed E-state index contributed by atoms with van der Waals surface area (Å²) in [5, 5.41) is 1.08. The number of aromatic nitrogens is 1. The van der Waals surface area contributed by atoms with Crippen molar-refractivity contribution in [3.63, 3.8) is 0 Å². The van der Waals surface area contributed by atoms with Gasteiger partial charge in [-0.05, 0) is 48.9 Å². The first-order valence-electron chi connectivity index (χ1n) is 8.12. The van der Waals surface area contributed by atoms with Gasteiger partial charge < -0.3 is 0 Å². The zero-order valence-corrected chi connectivity index (χ0v) is 12.7. The molecule has 3 aliphatic heterocycles. The molecule has 0 amide bonds. The molecule has 3 fully saturated rings. The second-order valence-corrected chi connectivity index (χ2v) is 6.56. The lowest BCUT2D eigenvalue weighted by Gasteiger charge is -2.36. The highest BCUT2D eigenvalue weighted by Gasteiger charge is 2.42. The quantitative estimate of drug-likeness (QED) is 0.774. The number of alkyl halides is 1. The fraction of sp³-hybridized carbons (Fsp3) is 0.421. The molecule has 0 radical (unpaired) electrons. The maximum atomic E-state index is 15.1. The van der Waals surface area contributed by atoms with E-state index in [1.54, 1.807) is 0 Å². The number of halogens is 1. The summed E-state index contributed by atoms with van der Waals surface area (Å²) in [6.45, 7) is 5.87. The van der Waals surface area contributed by atoms with Crippen LogP contribution in [0.3, 0.4) is 0 Å². The summed E-state index contributed by atoms with van der Waals surface area (Å²) < 4.78 is 15.1. The normalized spacial score (nSPS) is 34.5. The highest BCUT2D eigenvalue weighted by atomic mass is 19.1. The van der Waals surface area contributed by atoms with Gasteiger partial charge in [-0.1, -0.05) is 24.3 Å². The number of para-hydroxylation sites is 1. The number of benzene rings is 1. The van der Waals surface area contributed by atoms with Gasteiger partial charge in [0.2, 0.25) is 0 Å². The van der Waals surface area contributed by atoms with Crippen molar-refractivity contribution in [3.8, 4) is 0 Å². The van der Waals surface area contributed by atoms with Gasteiger partial charge in [0.1, 0.15) is 6.17 Å². The first-order valence-corrected chi connectivity index (χ1v) is 8.12. The molecule has 0 saturated carbocycles. The number of rotatable bonds is 2. The summed E-state index contributed by atoms with van der Waals surface area (Å²) >= 11 is 0. The van der Waals surface area contributed by atoms with Gasteiger partial charge in [0, 0.05) is 18.1 Å². The Morgan fingerprint density at radius 3 is 3.00 bits per heavy atom. The topological polar surface area (TPSA) is 16.1 Å². The number of hydrogen-bond acceptors (Lipinski definition) is 2. The molecule has 3 saturated heterocycles. The van der Waals surface area contributed by atoms with Gasteiger partial charge in [-0.15, -0.1) is 6.58 Å². The molecule has 2 aromatic rings. The van der Waals surface area contributed by atoms with Crippen LogP contribution in [0.4, 0.5) is 4.39 Å². The Balaban J connectivity index is 1.81. The van der Waals surface area contributed by atoms with Crippen molar-refractivity contribution in [1.29, 1.82) is 0 Å². The summed E-state index contributed by atoms with van der Waals surface area (Å²) in [6.07, 6.45) is 4.75. The molecule has 5 rings (SSSR count). The van der Waals surface area contributed by atoms with Gasteiger partial charge in [-0.3, -0.25) is 9.88 Å². The zero-order chi connectivity index (χ0) is 15.1. The third-order valence-corrected chi connectivity index (χ3v) is 5.41. The molecule has 2 bridgehead atoms. The van der Waals surface area contributed by atoms with Crippen molar-refractivity contribution >= 4 is 10.9 Å². The second kappa shape index (κ2) is 5.47. The second-order valence-electron chi connectivity index (χ2n) is 6.56. The molecule has 2 nitrogen and oxygen atoms in total. The summed E-state index contributed by atoms with van der Waals surface area (Å²) in [5.41, 5.74) is 2.04. The van der Waals surface area contributed by atoms with E-state index in [9.17, 15) is 0 Å². The van der Waals surface area contributed by atoms with E-state index in [-0.39, 0.29) is 6.04 Å². The molecule has 3 heteroatoms. The minimum Gasteiger partial charge on any atom is -0.293 e. The van der Waals surface area contributed by atoms with Crippen LogP contribution in [-0.4, -0.2) is 29.1 Å². The Morgan fingerprint density at radius 2 is 2.14 bits per heavy atom. The Bertz CT molecular complexity index is 693. The molecule has 0 spiro atoms. The van der Waals surface area contributed by atoms with E-state index >= 15 is 4.39 Å². The number of piperidine rings is 1. The van der Waals surface area contributed by atoms with Gasteiger partial charge >= 0.3 is 0 Å². The maximum Gasteiger partial charge on any atom is 0.120 e. The summed E-state index contributed by atoms with van der Waals surface area (Å²) in [6, 6.07) is 9.91. The number of fused-ring (bicyclic) bond motifs is 5. The maximum absolute atomic E-state index is 15.1. The fourth-order valence-electron chi connectivity index (χ4n) is 4.28. The van der Waals surface area contributed by atoms with Crippen LogP contribution in [-0.2, 0) is 0 Å². The fourth-order valence-corrected chi connectivity index (χ4v) is 4.28. The van der Waals surface area contributed by atoms with Crippen LogP contribution in [0.25, 0.3) is 10.9 Å². The molecule has 0 aliphatic carbocycles. The van der Waals surface area contributed by atoms with E-state index in [1.165, 1.54) is 0 Å². The van der Waals surface area contributed by atoms with Crippen molar-refractivity contribution in [1.82, 2.24) is 9.88 Å². The van der Waals surface area contributed by atoms with Crippen LogP contribution < -0.4 is 0 Å². The van der Waals surface area contributed by atoms with Crippen LogP contribution in [0.5, 0.6) is 0 Å². The lowest BCUT2D eigenvalue weighted by atomic mass is 9.84. The first kappa shape index (κ1) is 13.9. The molecule has 0 N–H and O–H groups in total. The van der Waals surface area contributed by atoms with E-state index in [0.29, 0.717) is 18.3 Å². The van der Waals surface area contributed by atoms with Crippen molar-refractivity contribution in [2.24, 2.45) is 11.8 Å². The van der Waals surface area contributed by atoms with E-state index in [4.69, 9.17) is 0 Å². The van der Waals surface area contributed by atoms with Gasteiger partial charge in [0.15, 0.2) is 0 Å². The first-order chi connectivity index (χ1) is 10.8. The van der Waals surface area contributed by atoms with Crippen molar-refractivity contribution in [3.05, 3.63) is 54.7 Å². The largest absolute Gasteiger partial charge is 0.293 e. The highest BCUT2D eigenvalue weighted by molar-refractivity contribution is 5.82. The van der Waals surface area contributed by atoms with Crippen LogP contribution in [0.15, 0.2) is 49.2 Å². The number of pyridine rings is 1. The van der Waals surface area contributed by atoms with Crippen LogP contribution >= 0.6 is 0 Å². The molecule has 1 aromatic heterocycles. The van der Waals surface area contributed by atoms with Crippen LogP contribution in [0.1, 0.15) is 24.4 Å². The molecular weight excluding hydrogens is 275 g/mol. The smallest absolute Gasteiger partial charge is 0.120 e. The van der Waals surface area contributed by atoms with Crippen LogP contribution in [0, 0.1) is 11.8 Å². The lowest BCUT2D eigenvalue weighted by Crippen LogP contribution is -2.39. The number of hydrogen-bond donors (Lipinski definition) is 0. The Kier molecular flexibility index (Phi) is 3.45. The Morgan fingerprint density at radius 1 is 1.27 bits per heavy atom. The third kappa shape index (κ3) is 2.15. The van der Waals surface area contributed by atoms with Gasteiger partial charge in [-0.25, -0.2) is 4.39 Å². The Hall–Kier alpha value is -1.74. The van der Waals surface area contributed by atoms with E-state index in [0.717, 1.165) is 36.0 Å². The highest BCUT2D eigenvalue weighted by Crippen LogP contribution is 2.43. The van der Waals surface area contributed by atoms with Crippen molar-refractivity contribution < 1.29 is 4.39 Å². The van der Waals surface area contributed by atoms with E-state index in [1.807, 2.05) is 36.5 Å². The van der Waals surface area contributed by atoms with Gasteiger partial charge in [0.25, 0.3) is 0 Å². The molecule has 5 atom stereocenters. The monoisotopic (exact) mass is 296 g/mol. The molecule has 1 unspecified atom stereocenters. The van der Waals surface area contributed by atoms with Crippen molar-refractivity contribution in [2.75, 3.05) is 13.1 Å². The van der Waals surface area contributed by atoms with E-state index < -0.39 is 6.17 Å². The minimum absolute atomic E-state index is 0.150. The standard InChI is InChI=1S/C19H21FN2/c1-2-13-12-22-10-8-14(13)11-17(20)19(22)16-7-9-21-18-6-4-3-5-15(16)18/h2-7,9,13-14,17,19H,1,8,10-12H2/t13-,14-,17-,19+/m0/s1. The molecule has 114 valence electrons. The molecule has 1 aromatic carbocycles. The Labute approximate surface area is 130 Å². The van der Waals surface area contributed by atoms with Gasteiger partial charge in [0.05, 0.1) is 11.6 Å². The SMILES string of the molecule is C=C[C@H]1CN2CC[C@H]1C[C@H](F)[C@H]2c1ccnc2ccccc12. The molecular formula is C19H21FN2. The van der Waals surface area contributed by atoms with Crippen molar-refractivity contribution in [2.45, 2.75) is 25.1 Å². The molecule has 4 heterocycles. The molecule has 22 heavy (non-hydrogen) atoms.